The molecule has 2 aromatic carbocycles. The van der Waals surface area contributed by atoms with Gasteiger partial charge in [0.2, 0.25) is 5.91 Å². The fourth-order valence-corrected chi connectivity index (χ4v) is 2.26. The lowest BCUT2D eigenvalue weighted by atomic mass is 10.1. The summed E-state index contributed by atoms with van der Waals surface area (Å²) in [4.78, 5) is 11.9. The molecule has 1 atom stereocenters. The Labute approximate surface area is 133 Å². The quantitative estimate of drug-likeness (QED) is 0.862. The minimum Gasteiger partial charge on any atom is -0.350 e. The van der Waals surface area contributed by atoms with E-state index in [1.165, 1.54) is 12.1 Å². The smallest absolute Gasteiger partial charge is 0.350 e. The molecule has 0 unspecified atom stereocenters. The van der Waals surface area contributed by atoms with Crippen LogP contribution >= 0.6 is 0 Å². The molecule has 0 aliphatic heterocycles. The molecule has 2 rings (SSSR count). The number of aryl methyl sites for hydroxylation is 1. The summed E-state index contributed by atoms with van der Waals surface area (Å²) in [5.74, 6) is -0.124. The van der Waals surface area contributed by atoms with Gasteiger partial charge >= 0.3 is 6.18 Å². The molecule has 0 radical (unpaired) electrons. The predicted octanol–water partition coefficient (Wildman–Crippen LogP) is 4.52. The van der Waals surface area contributed by atoms with Gasteiger partial charge in [0.25, 0.3) is 0 Å². The first-order valence-electron chi connectivity index (χ1n) is 7.36. The van der Waals surface area contributed by atoms with Gasteiger partial charge in [0, 0.05) is 6.42 Å². The van der Waals surface area contributed by atoms with Crippen molar-refractivity contribution in [3.05, 3.63) is 71.3 Å². The maximum absolute atomic E-state index is 12.5. The van der Waals surface area contributed by atoms with Crippen molar-refractivity contribution in [2.24, 2.45) is 0 Å². The Hall–Kier alpha value is -2.30. The molecular formula is C18H18F3NO. The number of alkyl halides is 3. The molecule has 23 heavy (non-hydrogen) atoms. The highest BCUT2D eigenvalue weighted by Crippen LogP contribution is 2.29. The monoisotopic (exact) mass is 321 g/mol. The highest BCUT2D eigenvalue weighted by atomic mass is 19.4. The van der Waals surface area contributed by atoms with Gasteiger partial charge in [0.15, 0.2) is 0 Å². The van der Waals surface area contributed by atoms with E-state index in [1.807, 2.05) is 30.3 Å². The van der Waals surface area contributed by atoms with E-state index in [2.05, 4.69) is 5.32 Å². The molecule has 5 heteroatoms. The van der Waals surface area contributed by atoms with Crippen LogP contribution in [0.5, 0.6) is 0 Å². The number of carbonyl (C=O) groups is 1. The Kier molecular flexibility index (Phi) is 5.42. The first-order chi connectivity index (χ1) is 10.9. The van der Waals surface area contributed by atoms with Gasteiger partial charge in [0.05, 0.1) is 11.6 Å². The van der Waals surface area contributed by atoms with E-state index in [0.29, 0.717) is 18.4 Å². The number of carbonyl (C=O) groups excluding carboxylic acids is 1. The Morgan fingerprint density at radius 1 is 1.04 bits per heavy atom. The molecule has 122 valence electrons. The summed E-state index contributed by atoms with van der Waals surface area (Å²) in [7, 11) is 0. The molecule has 0 saturated carbocycles. The van der Waals surface area contributed by atoms with Crippen molar-refractivity contribution >= 4 is 5.91 Å². The molecule has 0 aromatic heterocycles. The topological polar surface area (TPSA) is 29.1 Å². The molecular weight excluding hydrogens is 303 g/mol. The summed E-state index contributed by atoms with van der Waals surface area (Å²) >= 11 is 0. The molecule has 0 aliphatic carbocycles. The standard InChI is InChI=1S/C18H18F3NO/c1-13(15-8-10-16(11-9-15)18(19,20)21)22-17(23)12-7-14-5-3-2-4-6-14/h2-6,8-11,13H,7,12H2,1H3,(H,22,23)/t13-/m1/s1. The zero-order chi connectivity index (χ0) is 16.9. The van der Waals surface area contributed by atoms with Crippen LogP contribution in [0, 0.1) is 0 Å². The van der Waals surface area contributed by atoms with Gasteiger partial charge < -0.3 is 5.32 Å². The van der Waals surface area contributed by atoms with Crippen LogP contribution in [0.3, 0.4) is 0 Å². The minimum absolute atomic E-state index is 0.124. The summed E-state index contributed by atoms with van der Waals surface area (Å²) in [6.45, 7) is 1.75. The van der Waals surface area contributed by atoms with Crippen LogP contribution in [0.1, 0.15) is 36.1 Å². The number of hydrogen-bond donors (Lipinski definition) is 1. The van der Waals surface area contributed by atoms with Crippen molar-refractivity contribution in [3.63, 3.8) is 0 Å². The Balaban J connectivity index is 1.88. The predicted molar refractivity (Wildman–Crippen MR) is 82.8 cm³/mol. The highest BCUT2D eigenvalue weighted by molar-refractivity contribution is 5.76. The van der Waals surface area contributed by atoms with Crippen LogP contribution in [-0.4, -0.2) is 5.91 Å². The number of nitrogens with one attached hydrogen (secondary N) is 1. The van der Waals surface area contributed by atoms with Crippen LogP contribution in [0.2, 0.25) is 0 Å². The van der Waals surface area contributed by atoms with E-state index in [1.54, 1.807) is 6.92 Å². The molecule has 0 bridgehead atoms. The summed E-state index contributed by atoms with van der Waals surface area (Å²) in [6, 6.07) is 14.2. The van der Waals surface area contributed by atoms with Crippen molar-refractivity contribution in [1.82, 2.24) is 5.32 Å². The Morgan fingerprint density at radius 3 is 2.22 bits per heavy atom. The molecule has 0 heterocycles. The van der Waals surface area contributed by atoms with Crippen molar-refractivity contribution in [2.45, 2.75) is 32.0 Å². The lowest BCUT2D eigenvalue weighted by molar-refractivity contribution is -0.137. The normalized spacial score (nSPS) is 12.7. The second-order valence-electron chi connectivity index (χ2n) is 5.39. The van der Waals surface area contributed by atoms with Crippen LogP contribution in [0.15, 0.2) is 54.6 Å². The summed E-state index contributed by atoms with van der Waals surface area (Å²) in [5, 5.41) is 2.80. The zero-order valence-electron chi connectivity index (χ0n) is 12.7. The van der Waals surface area contributed by atoms with Crippen LogP contribution in [0.4, 0.5) is 13.2 Å². The third-order valence-corrected chi connectivity index (χ3v) is 3.60. The molecule has 0 aliphatic rings. The van der Waals surface area contributed by atoms with Crippen LogP contribution in [0.25, 0.3) is 0 Å². The van der Waals surface area contributed by atoms with Gasteiger partial charge in [-0.15, -0.1) is 0 Å². The second kappa shape index (κ2) is 7.31. The average molecular weight is 321 g/mol. The zero-order valence-corrected chi connectivity index (χ0v) is 12.7. The SMILES string of the molecule is C[C@@H](NC(=O)CCc1ccccc1)c1ccc(C(F)(F)F)cc1. The highest BCUT2D eigenvalue weighted by Gasteiger charge is 2.30. The third kappa shape index (κ3) is 5.13. The van der Waals surface area contributed by atoms with E-state index in [4.69, 9.17) is 0 Å². The van der Waals surface area contributed by atoms with Gasteiger partial charge in [-0.2, -0.15) is 13.2 Å². The number of hydrogen-bond acceptors (Lipinski definition) is 1. The van der Waals surface area contributed by atoms with E-state index in [0.717, 1.165) is 17.7 Å². The molecule has 1 amide bonds. The van der Waals surface area contributed by atoms with Crippen LogP contribution < -0.4 is 5.32 Å². The first kappa shape index (κ1) is 17.1. The lowest BCUT2D eigenvalue weighted by Crippen LogP contribution is -2.26. The van der Waals surface area contributed by atoms with Gasteiger partial charge in [-0.25, -0.2) is 0 Å². The third-order valence-electron chi connectivity index (χ3n) is 3.60. The van der Waals surface area contributed by atoms with E-state index < -0.39 is 11.7 Å². The molecule has 0 saturated heterocycles. The van der Waals surface area contributed by atoms with E-state index in [9.17, 15) is 18.0 Å². The Morgan fingerprint density at radius 2 is 1.65 bits per heavy atom. The first-order valence-corrected chi connectivity index (χ1v) is 7.36. The maximum Gasteiger partial charge on any atom is 0.416 e. The van der Waals surface area contributed by atoms with E-state index in [-0.39, 0.29) is 11.9 Å². The molecule has 2 aromatic rings. The summed E-state index contributed by atoms with van der Waals surface area (Å²) in [6.07, 6.45) is -3.37. The summed E-state index contributed by atoms with van der Waals surface area (Å²) in [5.41, 5.74) is 1.03. The average Bonchev–Trinajstić information content (AvgIpc) is 2.53. The van der Waals surface area contributed by atoms with Crippen LogP contribution in [-0.2, 0) is 17.4 Å². The molecule has 1 N–H and O–H groups in total. The molecule has 0 fully saturated rings. The van der Waals surface area contributed by atoms with Crippen molar-refractivity contribution in [3.8, 4) is 0 Å². The van der Waals surface area contributed by atoms with Crippen molar-refractivity contribution in [2.75, 3.05) is 0 Å². The minimum atomic E-state index is -4.35. The molecule has 2 nitrogen and oxygen atoms in total. The number of amides is 1. The fraction of sp³-hybridized carbons (Fsp3) is 0.278. The van der Waals surface area contributed by atoms with Gasteiger partial charge in [-0.05, 0) is 36.6 Å². The second-order valence-corrected chi connectivity index (χ2v) is 5.39. The maximum atomic E-state index is 12.5. The number of halogens is 3. The lowest BCUT2D eigenvalue weighted by Gasteiger charge is -2.15. The largest absolute Gasteiger partial charge is 0.416 e. The Bertz CT molecular complexity index is 636. The van der Waals surface area contributed by atoms with Gasteiger partial charge in [-0.1, -0.05) is 42.5 Å². The van der Waals surface area contributed by atoms with Crippen molar-refractivity contribution in [1.29, 1.82) is 0 Å². The molecule has 0 spiro atoms. The van der Waals surface area contributed by atoms with E-state index >= 15 is 0 Å². The fourth-order valence-electron chi connectivity index (χ4n) is 2.26. The number of benzene rings is 2. The number of rotatable bonds is 5. The summed E-state index contributed by atoms with van der Waals surface area (Å²) < 4.78 is 37.6. The van der Waals surface area contributed by atoms with Crippen molar-refractivity contribution < 1.29 is 18.0 Å². The van der Waals surface area contributed by atoms with Gasteiger partial charge in [0.1, 0.15) is 0 Å². The van der Waals surface area contributed by atoms with Gasteiger partial charge in [-0.3, -0.25) is 4.79 Å².